The lowest BCUT2D eigenvalue weighted by Gasteiger charge is -2.24. The molecule has 23 heteroatoms. The Morgan fingerprint density at radius 3 is 1.89 bits per heavy atom. The fraction of sp³-hybridized carbons (Fsp3) is 0.585. The molecule has 0 amide bonds. The maximum atomic E-state index is 11.9. The summed E-state index contributed by atoms with van der Waals surface area (Å²) in [7, 11) is 1.39. The van der Waals surface area contributed by atoms with Crippen LogP contribution in [0.3, 0.4) is 0 Å². The van der Waals surface area contributed by atoms with Crippen LogP contribution in [0.4, 0.5) is 17.3 Å². The Morgan fingerprint density at radius 1 is 0.828 bits per heavy atom. The van der Waals surface area contributed by atoms with E-state index in [9.17, 15) is 29.7 Å². The molecular weight excluding hydrogens is 839 g/mol. The lowest BCUT2D eigenvalue weighted by Crippen LogP contribution is -2.40. The van der Waals surface area contributed by atoms with Gasteiger partial charge in [-0.15, -0.1) is 0 Å². The van der Waals surface area contributed by atoms with E-state index in [1.165, 1.54) is 46.7 Å². The summed E-state index contributed by atoms with van der Waals surface area (Å²) in [6.45, 7) is 20.5. The van der Waals surface area contributed by atoms with Crippen LogP contribution in [0.2, 0.25) is 0 Å². The number of nitrogens with two attached hydrogens (primary N) is 1. The number of anilines is 2. The molecule has 8 atom stereocenters. The number of oxime groups is 1. The number of carbonyl (C=O) groups is 3. The normalized spacial score (nSPS) is 23.2. The summed E-state index contributed by atoms with van der Waals surface area (Å²) in [6.07, 6.45) is -0.699. The zero-order valence-corrected chi connectivity index (χ0v) is 37.0. The molecule has 0 bridgehead atoms. The van der Waals surface area contributed by atoms with Crippen molar-refractivity contribution in [2.75, 3.05) is 44.0 Å². The standard InChI is InChI=1S/C23H29N5O7.C18H28N6O5/c1-12(2)7-8-25-21-18-16(24-6)9-28(22(18)27-11-26-21)23-20(34-15(5)31)19(33-14(4)30)17(35-23)10-32-13(3)29;1-9(2)4-5-20-16-12-10(15(19)23-28-3)6-24(17(12)22-8-21-16)18-14(27)13(26)11(7-25)29-18/h9,11-12,17,19-20,23H,7-8,10H2,1-5H3,(H,25,26,27);6,8-9,11,13-14,18,25-27H,4-5,7H2,1-3H3,(H2,19,23)(H,20,21,22)/t17?,19?,20-,23-;11?,13?,14-,18-/m11/s1. The summed E-state index contributed by atoms with van der Waals surface area (Å²) in [5.41, 5.74) is 7.65. The van der Waals surface area contributed by atoms with E-state index in [2.05, 4.69) is 68.3 Å². The van der Waals surface area contributed by atoms with Gasteiger partial charge in [0.05, 0.1) is 29.5 Å². The number of carbonyl (C=O) groups excluding carboxylic acids is 3. The number of nitrogens with one attached hydrogen (secondary N) is 2. The van der Waals surface area contributed by atoms with Crippen molar-refractivity contribution >= 4 is 63.1 Å². The number of hydrogen-bond donors (Lipinski definition) is 6. The first kappa shape index (κ1) is 48.8. The number of esters is 3. The highest BCUT2D eigenvalue weighted by atomic mass is 16.7. The summed E-state index contributed by atoms with van der Waals surface area (Å²) in [6, 6.07) is 0. The van der Waals surface area contributed by atoms with Crippen molar-refractivity contribution in [2.24, 2.45) is 22.7 Å². The number of fused-ring (bicyclic) bond motifs is 2. The number of hydrogen-bond acceptors (Lipinski definition) is 19. The molecule has 6 rings (SSSR count). The minimum absolute atomic E-state index is 0.102. The maximum Gasteiger partial charge on any atom is 0.303 e. The van der Waals surface area contributed by atoms with E-state index in [4.69, 9.17) is 40.8 Å². The van der Waals surface area contributed by atoms with E-state index in [1.807, 2.05) is 0 Å². The van der Waals surface area contributed by atoms with Crippen LogP contribution in [0.25, 0.3) is 26.9 Å². The lowest BCUT2D eigenvalue weighted by atomic mass is 10.1. The van der Waals surface area contributed by atoms with Gasteiger partial charge in [-0.25, -0.2) is 24.8 Å². The number of nitrogens with zero attached hydrogens (tertiary/aromatic N) is 8. The SMILES string of the molecule is CO/N=C(\N)c1cn([C@@H]2OC(CO)C(O)[C@H]2O)c2ncnc(NCCC(C)C)c12.[C-]#[N+]c1cn([C@@H]2OC(COC(C)=O)C(OC(C)=O)[C@H]2OC(C)=O)c2ncnc(NCCC(C)C)c12. The van der Waals surface area contributed by atoms with Gasteiger partial charge in [-0.2, -0.15) is 0 Å². The molecule has 4 aromatic rings. The molecule has 0 spiro atoms. The molecular formula is C41H57N11O12. The molecule has 0 radical (unpaired) electrons. The molecule has 64 heavy (non-hydrogen) atoms. The van der Waals surface area contributed by atoms with Crippen LogP contribution in [-0.4, -0.2) is 138 Å². The number of aromatic nitrogens is 6. The van der Waals surface area contributed by atoms with Gasteiger partial charge in [0.25, 0.3) is 0 Å². The van der Waals surface area contributed by atoms with Crippen molar-refractivity contribution < 1.29 is 58.2 Å². The molecule has 0 aliphatic carbocycles. The number of ether oxygens (including phenoxy) is 5. The van der Waals surface area contributed by atoms with Gasteiger partial charge in [0.1, 0.15) is 73.7 Å². The third-order valence-electron chi connectivity index (χ3n) is 10.2. The van der Waals surface area contributed by atoms with Crippen LogP contribution < -0.4 is 16.4 Å². The summed E-state index contributed by atoms with van der Waals surface area (Å²) in [5, 5.41) is 41.4. The van der Waals surface area contributed by atoms with Crippen molar-refractivity contribution in [1.82, 2.24) is 29.1 Å². The first-order valence-corrected chi connectivity index (χ1v) is 20.7. The van der Waals surface area contributed by atoms with Crippen molar-refractivity contribution in [1.29, 1.82) is 0 Å². The fourth-order valence-electron chi connectivity index (χ4n) is 7.22. The van der Waals surface area contributed by atoms with Gasteiger partial charge < -0.3 is 69.3 Å². The van der Waals surface area contributed by atoms with Gasteiger partial charge in [-0.3, -0.25) is 14.4 Å². The minimum Gasteiger partial charge on any atom is -0.463 e. The van der Waals surface area contributed by atoms with Crippen LogP contribution in [0.5, 0.6) is 0 Å². The van der Waals surface area contributed by atoms with Crippen LogP contribution in [-0.2, 0) is 42.9 Å². The summed E-state index contributed by atoms with van der Waals surface area (Å²) in [4.78, 5) is 60.9. The second-order valence-corrected chi connectivity index (χ2v) is 15.9. The number of aliphatic hydroxyl groups excluding tert-OH is 3. The number of amidine groups is 1. The molecule has 2 saturated heterocycles. The molecule has 4 aromatic heterocycles. The van der Waals surface area contributed by atoms with Gasteiger partial charge in [0, 0.05) is 46.3 Å². The third-order valence-corrected chi connectivity index (χ3v) is 10.2. The van der Waals surface area contributed by atoms with Crippen LogP contribution >= 0.6 is 0 Å². The predicted molar refractivity (Wildman–Crippen MR) is 230 cm³/mol. The van der Waals surface area contributed by atoms with E-state index < -0.39 is 73.6 Å². The minimum atomic E-state index is -1.26. The molecule has 7 N–H and O–H groups in total. The Hall–Kier alpha value is -6.19. The average molecular weight is 896 g/mol. The molecule has 0 aromatic carbocycles. The van der Waals surface area contributed by atoms with Crippen LogP contribution in [0.15, 0.2) is 30.2 Å². The lowest BCUT2D eigenvalue weighted by molar-refractivity contribution is -0.166. The van der Waals surface area contributed by atoms with Gasteiger partial charge in [-0.1, -0.05) is 32.9 Å². The second-order valence-electron chi connectivity index (χ2n) is 15.9. The highest BCUT2D eigenvalue weighted by molar-refractivity contribution is 6.11. The summed E-state index contributed by atoms with van der Waals surface area (Å²) < 4.78 is 30.9. The Balaban J connectivity index is 0.000000245. The smallest absolute Gasteiger partial charge is 0.303 e. The van der Waals surface area contributed by atoms with E-state index >= 15 is 0 Å². The number of aliphatic hydroxyl groups is 3. The zero-order chi connectivity index (χ0) is 46.8. The zero-order valence-electron chi connectivity index (χ0n) is 37.0. The predicted octanol–water partition coefficient (Wildman–Crippen LogP) is 2.53. The van der Waals surface area contributed by atoms with E-state index in [0.29, 0.717) is 64.2 Å². The summed E-state index contributed by atoms with van der Waals surface area (Å²) >= 11 is 0. The van der Waals surface area contributed by atoms with Crippen molar-refractivity contribution in [3.63, 3.8) is 0 Å². The Labute approximate surface area is 369 Å². The van der Waals surface area contributed by atoms with Crippen LogP contribution in [0.1, 0.15) is 79.3 Å². The van der Waals surface area contributed by atoms with E-state index in [-0.39, 0.29) is 18.1 Å². The van der Waals surface area contributed by atoms with Crippen molar-refractivity contribution in [2.45, 2.75) is 110 Å². The highest BCUT2D eigenvalue weighted by Gasteiger charge is 2.51. The van der Waals surface area contributed by atoms with Gasteiger partial charge in [-0.05, 0) is 24.7 Å². The quantitative estimate of drug-likeness (QED) is 0.0222. The third kappa shape index (κ3) is 11.3. The van der Waals surface area contributed by atoms with Gasteiger partial charge in [0.2, 0.25) is 5.69 Å². The first-order valence-electron chi connectivity index (χ1n) is 20.7. The monoisotopic (exact) mass is 895 g/mol. The van der Waals surface area contributed by atoms with E-state index in [1.54, 1.807) is 15.3 Å². The summed E-state index contributed by atoms with van der Waals surface area (Å²) in [5.74, 6) is 0.361. The Bertz CT molecular complexity index is 2330. The van der Waals surface area contributed by atoms with Gasteiger partial charge >= 0.3 is 17.9 Å². The topological polar surface area (TPSA) is 295 Å². The van der Waals surface area contributed by atoms with E-state index in [0.717, 1.165) is 12.8 Å². The van der Waals surface area contributed by atoms with Gasteiger partial charge in [0.15, 0.2) is 30.5 Å². The fourth-order valence-corrected chi connectivity index (χ4v) is 7.22. The molecule has 2 fully saturated rings. The maximum absolute atomic E-state index is 11.9. The molecule has 4 unspecified atom stereocenters. The van der Waals surface area contributed by atoms with Crippen molar-refractivity contribution in [3.8, 4) is 0 Å². The molecule has 23 nitrogen and oxygen atoms in total. The van der Waals surface area contributed by atoms with Crippen LogP contribution in [0, 0.1) is 18.4 Å². The Kier molecular flexibility index (Phi) is 16.7. The molecule has 348 valence electrons. The Morgan fingerprint density at radius 2 is 1.38 bits per heavy atom. The largest absolute Gasteiger partial charge is 0.463 e. The molecule has 0 saturated carbocycles. The molecule has 6 heterocycles. The second kappa shape index (κ2) is 21.9. The first-order chi connectivity index (χ1) is 30.5. The molecule has 2 aliphatic rings. The average Bonchev–Trinajstić information content (AvgIpc) is 3.98. The highest BCUT2D eigenvalue weighted by Crippen LogP contribution is 2.41. The molecule has 2 aliphatic heterocycles. The van der Waals surface area contributed by atoms with Crippen molar-refractivity contribution in [3.05, 3.63) is 42.0 Å². The number of rotatable bonds is 17.